The van der Waals surface area contributed by atoms with Crippen LogP contribution in [0.25, 0.3) is 5.76 Å². The van der Waals surface area contributed by atoms with Gasteiger partial charge in [-0.25, -0.2) is 4.79 Å². The summed E-state index contributed by atoms with van der Waals surface area (Å²) in [6.07, 6.45) is 3.79. The van der Waals surface area contributed by atoms with E-state index in [9.17, 15) is 19.5 Å². The van der Waals surface area contributed by atoms with Gasteiger partial charge >= 0.3 is 5.97 Å². The van der Waals surface area contributed by atoms with Gasteiger partial charge in [-0.1, -0.05) is 19.1 Å². The summed E-state index contributed by atoms with van der Waals surface area (Å²) in [5.74, 6) is -1.87. The SMILES string of the molecule is CCCOC(=O)c1cccc(N2C(=O)C(=O)/C(=C(/O)c3ccc(OC)c(C)c3)C2c2cccnc2)c1. The second-order valence-electron chi connectivity index (χ2n) is 8.33. The molecule has 0 bridgehead atoms. The molecule has 0 spiro atoms. The summed E-state index contributed by atoms with van der Waals surface area (Å²) in [6.45, 7) is 3.97. The number of aryl methyl sites for hydroxylation is 1. The Labute approximate surface area is 208 Å². The van der Waals surface area contributed by atoms with Crippen LogP contribution in [0.15, 0.2) is 72.6 Å². The summed E-state index contributed by atoms with van der Waals surface area (Å²) in [6, 6.07) is 13.8. The average Bonchev–Trinajstić information content (AvgIpc) is 3.17. The lowest BCUT2D eigenvalue weighted by Crippen LogP contribution is -2.29. The fourth-order valence-electron chi connectivity index (χ4n) is 4.19. The minimum atomic E-state index is -0.956. The predicted molar refractivity (Wildman–Crippen MR) is 134 cm³/mol. The van der Waals surface area contributed by atoms with Gasteiger partial charge in [0.1, 0.15) is 11.5 Å². The van der Waals surface area contributed by atoms with E-state index in [2.05, 4.69) is 4.98 Å². The van der Waals surface area contributed by atoms with Crippen LogP contribution in [0.2, 0.25) is 0 Å². The number of aliphatic hydroxyl groups is 1. The van der Waals surface area contributed by atoms with Crippen molar-refractivity contribution in [1.29, 1.82) is 0 Å². The highest BCUT2D eigenvalue weighted by atomic mass is 16.5. The molecule has 1 unspecified atom stereocenters. The van der Waals surface area contributed by atoms with Crippen molar-refractivity contribution >= 4 is 29.1 Å². The minimum Gasteiger partial charge on any atom is -0.507 e. The maximum Gasteiger partial charge on any atom is 0.338 e. The van der Waals surface area contributed by atoms with Crippen molar-refractivity contribution in [1.82, 2.24) is 4.98 Å². The lowest BCUT2D eigenvalue weighted by molar-refractivity contribution is -0.132. The molecule has 0 aliphatic carbocycles. The molecule has 1 amide bonds. The van der Waals surface area contributed by atoms with Crippen molar-refractivity contribution < 1.29 is 29.0 Å². The number of methoxy groups -OCH3 is 1. The molecular weight excluding hydrogens is 460 g/mol. The molecule has 36 heavy (non-hydrogen) atoms. The number of aliphatic hydroxyl groups excluding tert-OH is 1. The number of pyridine rings is 1. The molecule has 8 heteroatoms. The number of hydrogen-bond acceptors (Lipinski definition) is 7. The first-order chi connectivity index (χ1) is 17.4. The molecule has 1 atom stereocenters. The number of ketones is 1. The highest BCUT2D eigenvalue weighted by molar-refractivity contribution is 6.51. The van der Waals surface area contributed by atoms with E-state index in [1.165, 1.54) is 17.2 Å². The fourth-order valence-corrected chi connectivity index (χ4v) is 4.19. The number of anilines is 1. The van der Waals surface area contributed by atoms with Crippen LogP contribution in [-0.4, -0.2) is 41.5 Å². The molecule has 8 nitrogen and oxygen atoms in total. The topological polar surface area (TPSA) is 106 Å². The first-order valence-corrected chi connectivity index (χ1v) is 11.5. The second-order valence-corrected chi connectivity index (χ2v) is 8.33. The van der Waals surface area contributed by atoms with Crippen LogP contribution in [0, 0.1) is 6.92 Å². The van der Waals surface area contributed by atoms with Gasteiger partial charge in [-0.3, -0.25) is 19.5 Å². The molecule has 1 fully saturated rings. The van der Waals surface area contributed by atoms with E-state index in [0.717, 1.165) is 5.56 Å². The molecule has 1 saturated heterocycles. The number of rotatable bonds is 7. The predicted octanol–water partition coefficient (Wildman–Crippen LogP) is 4.59. The molecule has 3 aromatic rings. The molecule has 1 aliphatic rings. The maximum absolute atomic E-state index is 13.3. The van der Waals surface area contributed by atoms with Crippen LogP contribution in [0.5, 0.6) is 5.75 Å². The summed E-state index contributed by atoms with van der Waals surface area (Å²) in [7, 11) is 1.54. The van der Waals surface area contributed by atoms with Crippen molar-refractivity contribution in [2.75, 3.05) is 18.6 Å². The van der Waals surface area contributed by atoms with Gasteiger partial charge in [0.25, 0.3) is 11.7 Å². The standard InChI is InChI=1S/C28H26N2O6/c1-4-13-36-28(34)19-7-5-9-21(15-19)30-24(20-8-6-12-29-16-20)23(26(32)27(30)33)25(31)18-10-11-22(35-3)17(2)14-18/h5-12,14-16,24,31H,4,13H2,1-3H3/b25-23+. The van der Waals surface area contributed by atoms with Crippen LogP contribution in [0.1, 0.15) is 46.4 Å². The normalized spacial score (nSPS) is 16.8. The first-order valence-electron chi connectivity index (χ1n) is 11.5. The molecule has 1 N–H and O–H groups in total. The fraction of sp³-hybridized carbons (Fsp3) is 0.214. The first kappa shape index (κ1) is 24.7. The van der Waals surface area contributed by atoms with Crippen molar-refractivity contribution in [3.63, 3.8) is 0 Å². The van der Waals surface area contributed by atoms with Gasteiger partial charge in [0.2, 0.25) is 0 Å². The third-order valence-electron chi connectivity index (χ3n) is 5.91. The molecule has 184 valence electrons. The molecule has 2 heterocycles. The number of aromatic nitrogens is 1. The van der Waals surface area contributed by atoms with E-state index in [1.54, 1.807) is 61.8 Å². The summed E-state index contributed by atoms with van der Waals surface area (Å²) in [5, 5.41) is 11.3. The van der Waals surface area contributed by atoms with Crippen LogP contribution < -0.4 is 9.64 Å². The van der Waals surface area contributed by atoms with Gasteiger partial charge in [-0.15, -0.1) is 0 Å². The number of ether oxygens (including phenoxy) is 2. The zero-order valence-electron chi connectivity index (χ0n) is 20.2. The molecule has 0 saturated carbocycles. The monoisotopic (exact) mass is 486 g/mol. The Morgan fingerprint density at radius 2 is 1.89 bits per heavy atom. The number of Topliss-reactive ketones (excluding diaryl/α,β-unsaturated/α-hetero) is 1. The highest BCUT2D eigenvalue weighted by Gasteiger charge is 2.47. The second kappa shape index (κ2) is 10.4. The molecule has 4 rings (SSSR count). The number of carbonyl (C=O) groups excluding carboxylic acids is 3. The van der Waals surface area contributed by atoms with Gasteiger partial charge < -0.3 is 14.6 Å². The number of benzene rings is 2. The van der Waals surface area contributed by atoms with Crippen LogP contribution in [0.4, 0.5) is 5.69 Å². The smallest absolute Gasteiger partial charge is 0.338 e. The van der Waals surface area contributed by atoms with E-state index in [1.807, 2.05) is 13.8 Å². The Morgan fingerprint density at radius 1 is 1.08 bits per heavy atom. The third-order valence-corrected chi connectivity index (χ3v) is 5.91. The summed E-state index contributed by atoms with van der Waals surface area (Å²) >= 11 is 0. The Kier molecular flexibility index (Phi) is 7.15. The van der Waals surface area contributed by atoms with E-state index in [-0.39, 0.29) is 23.5 Å². The zero-order chi connectivity index (χ0) is 25.8. The van der Waals surface area contributed by atoms with E-state index in [0.29, 0.717) is 29.0 Å². The van der Waals surface area contributed by atoms with Crippen LogP contribution in [0.3, 0.4) is 0 Å². The summed E-state index contributed by atoms with van der Waals surface area (Å²) < 4.78 is 10.5. The maximum atomic E-state index is 13.3. The van der Waals surface area contributed by atoms with Crippen molar-refractivity contribution in [2.45, 2.75) is 26.3 Å². The highest BCUT2D eigenvalue weighted by Crippen LogP contribution is 2.42. The van der Waals surface area contributed by atoms with Gasteiger partial charge in [-0.05, 0) is 66.9 Å². The number of nitrogens with zero attached hydrogens (tertiary/aromatic N) is 2. The third kappa shape index (κ3) is 4.57. The van der Waals surface area contributed by atoms with Crippen molar-refractivity contribution in [3.8, 4) is 5.75 Å². The number of amides is 1. The summed E-state index contributed by atoms with van der Waals surface area (Å²) in [4.78, 5) is 44.5. The van der Waals surface area contributed by atoms with Crippen molar-refractivity contribution in [3.05, 3.63) is 94.8 Å². The molecule has 0 radical (unpaired) electrons. The molecule has 1 aromatic heterocycles. The van der Waals surface area contributed by atoms with Crippen molar-refractivity contribution in [2.24, 2.45) is 0 Å². The van der Waals surface area contributed by atoms with Gasteiger partial charge in [0, 0.05) is 23.6 Å². The van der Waals surface area contributed by atoms with Crippen LogP contribution >= 0.6 is 0 Å². The number of hydrogen-bond donors (Lipinski definition) is 1. The lowest BCUT2D eigenvalue weighted by atomic mass is 9.95. The summed E-state index contributed by atoms with van der Waals surface area (Å²) in [5.41, 5.74) is 2.16. The number of esters is 1. The zero-order valence-corrected chi connectivity index (χ0v) is 20.2. The number of carbonyl (C=O) groups is 3. The van der Waals surface area contributed by atoms with E-state index in [4.69, 9.17) is 9.47 Å². The Morgan fingerprint density at radius 3 is 2.56 bits per heavy atom. The molecule has 1 aliphatic heterocycles. The lowest BCUT2D eigenvalue weighted by Gasteiger charge is -2.25. The van der Waals surface area contributed by atoms with E-state index < -0.39 is 23.7 Å². The minimum absolute atomic E-state index is 0.0727. The van der Waals surface area contributed by atoms with E-state index >= 15 is 0 Å². The van der Waals surface area contributed by atoms with Gasteiger partial charge in [0.05, 0.1) is 30.9 Å². The molecular formula is C28H26N2O6. The quantitative estimate of drug-likeness (QED) is 0.225. The Bertz CT molecular complexity index is 1350. The van der Waals surface area contributed by atoms with Gasteiger partial charge in [0.15, 0.2) is 0 Å². The Balaban J connectivity index is 1.86. The molecule has 2 aromatic carbocycles. The Hall–Kier alpha value is -4.46. The van der Waals surface area contributed by atoms with Gasteiger partial charge in [-0.2, -0.15) is 0 Å². The average molecular weight is 487 g/mol. The van der Waals surface area contributed by atoms with Crippen LogP contribution in [-0.2, 0) is 14.3 Å². The largest absolute Gasteiger partial charge is 0.507 e.